The molecule has 1 aromatic carbocycles. The average molecular weight is 411 g/mol. The lowest BCUT2D eigenvalue weighted by Gasteiger charge is -2.10. The van der Waals surface area contributed by atoms with Crippen molar-refractivity contribution < 1.29 is 9.21 Å². The van der Waals surface area contributed by atoms with Gasteiger partial charge >= 0.3 is 0 Å². The van der Waals surface area contributed by atoms with E-state index in [2.05, 4.69) is 39.3 Å². The second-order valence-electron chi connectivity index (χ2n) is 6.40. The number of anilines is 1. The van der Waals surface area contributed by atoms with E-state index < -0.39 is 0 Å². The first kappa shape index (κ1) is 18.6. The van der Waals surface area contributed by atoms with Crippen molar-refractivity contribution >= 4 is 44.4 Å². The van der Waals surface area contributed by atoms with Gasteiger partial charge in [0.25, 0.3) is 5.91 Å². The average Bonchev–Trinajstić information content (AvgIpc) is 3.30. The number of rotatable bonds is 4. The summed E-state index contributed by atoms with van der Waals surface area (Å²) in [6, 6.07) is 7.74. The highest BCUT2D eigenvalue weighted by atomic mass is 32.2. The molecule has 0 aliphatic heterocycles. The largest absolute Gasteiger partial charge is 0.461 e. The second-order valence-corrected chi connectivity index (χ2v) is 8.22. The van der Waals surface area contributed by atoms with Crippen molar-refractivity contribution in [2.75, 3.05) is 11.6 Å². The summed E-state index contributed by atoms with van der Waals surface area (Å²) in [5, 5.41) is 4.08. The van der Waals surface area contributed by atoms with Crippen LogP contribution < -0.4 is 5.32 Å². The zero-order valence-corrected chi connectivity index (χ0v) is 17.5. The van der Waals surface area contributed by atoms with Gasteiger partial charge in [-0.3, -0.25) is 10.1 Å². The summed E-state index contributed by atoms with van der Waals surface area (Å²) < 4.78 is 6.44. The van der Waals surface area contributed by atoms with E-state index in [1.807, 2.05) is 13.2 Å². The summed E-state index contributed by atoms with van der Waals surface area (Å²) >= 11 is 2.86. The monoisotopic (exact) mass is 410 g/mol. The number of nitrogens with zero attached hydrogens (tertiary/aromatic N) is 3. The number of thioether (sulfide) groups is 1. The van der Waals surface area contributed by atoms with Gasteiger partial charge in [0.2, 0.25) is 0 Å². The first-order valence-corrected chi connectivity index (χ1v) is 10.7. The maximum atomic E-state index is 13.0. The molecule has 0 radical (unpaired) electrons. The Bertz CT molecular complexity index is 1180. The predicted octanol–water partition coefficient (Wildman–Crippen LogP) is 5.25. The van der Waals surface area contributed by atoms with Crippen LogP contribution in [0.3, 0.4) is 0 Å². The Labute approximate surface area is 170 Å². The summed E-state index contributed by atoms with van der Waals surface area (Å²) in [6.07, 6.45) is 3.46. The Balaban J connectivity index is 1.69. The van der Waals surface area contributed by atoms with Crippen LogP contribution in [0, 0.1) is 20.8 Å². The summed E-state index contributed by atoms with van der Waals surface area (Å²) in [5.74, 6) is 0.776. The third-order valence-electron chi connectivity index (χ3n) is 4.27. The highest BCUT2D eigenvalue weighted by Crippen LogP contribution is 2.31. The van der Waals surface area contributed by atoms with Crippen molar-refractivity contribution in [2.24, 2.45) is 0 Å². The number of nitrogens with one attached hydrogen (secondary N) is 1. The van der Waals surface area contributed by atoms with E-state index in [-0.39, 0.29) is 5.91 Å². The molecule has 0 aliphatic carbocycles. The lowest BCUT2D eigenvalue weighted by atomic mass is 10.1. The minimum Gasteiger partial charge on any atom is -0.461 e. The van der Waals surface area contributed by atoms with Gasteiger partial charge in [0.1, 0.15) is 5.03 Å². The molecule has 0 saturated carbocycles. The van der Waals surface area contributed by atoms with Crippen LogP contribution in [0.25, 0.3) is 21.8 Å². The number of fused-ring (bicyclic) bond motifs is 1. The molecule has 0 bridgehead atoms. The SMILES string of the molecule is CSc1nc(-c2ccco2)nc(C)c1C(=O)Nc1nc2c(C)cc(C)cc2s1. The van der Waals surface area contributed by atoms with E-state index in [4.69, 9.17) is 4.42 Å². The van der Waals surface area contributed by atoms with E-state index in [1.54, 1.807) is 25.3 Å². The van der Waals surface area contributed by atoms with E-state index in [0.29, 0.717) is 33.0 Å². The molecule has 0 aliphatic rings. The van der Waals surface area contributed by atoms with Crippen molar-refractivity contribution in [3.63, 3.8) is 0 Å². The number of furan rings is 1. The Kier molecular flexibility index (Phi) is 4.91. The van der Waals surface area contributed by atoms with E-state index in [9.17, 15) is 4.79 Å². The molecule has 0 saturated heterocycles. The van der Waals surface area contributed by atoms with Gasteiger partial charge in [0.05, 0.1) is 27.7 Å². The van der Waals surface area contributed by atoms with Gasteiger partial charge < -0.3 is 4.42 Å². The number of thiazole rings is 1. The quantitative estimate of drug-likeness (QED) is 0.366. The molecule has 8 heteroatoms. The molecule has 0 fully saturated rings. The number of aromatic nitrogens is 3. The van der Waals surface area contributed by atoms with E-state index in [0.717, 1.165) is 15.8 Å². The van der Waals surface area contributed by atoms with Crippen LogP contribution in [0.2, 0.25) is 0 Å². The number of aryl methyl sites for hydroxylation is 3. The van der Waals surface area contributed by atoms with E-state index >= 15 is 0 Å². The Hall–Kier alpha value is -2.71. The summed E-state index contributed by atoms with van der Waals surface area (Å²) in [4.78, 5) is 26.5. The molecule has 0 unspecified atom stereocenters. The molecule has 3 heterocycles. The number of amides is 1. The zero-order chi connectivity index (χ0) is 19.8. The van der Waals surface area contributed by atoms with Crippen LogP contribution in [-0.4, -0.2) is 27.1 Å². The Morgan fingerprint density at radius 2 is 2.00 bits per heavy atom. The van der Waals surface area contributed by atoms with Crippen LogP contribution in [0.15, 0.2) is 40.0 Å². The van der Waals surface area contributed by atoms with E-state index in [1.165, 1.54) is 28.7 Å². The second kappa shape index (κ2) is 7.37. The topological polar surface area (TPSA) is 80.9 Å². The van der Waals surface area contributed by atoms with Crippen LogP contribution in [0.4, 0.5) is 5.13 Å². The highest BCUT2D eigenvalue weighted by Gasteiger charge is 2.21. The lowest BCUT2D eigenvalue weighted by molar-refractivity contribution is 0.102. The van der Waals surface area contributed by atoms with Gasteiger partial charge in [-0.05, 0) is 56.4 Å². The van der Waals surface area contributed by atoms with Crippen LogP contribution in [0.1, 0.15) is 27.2 Å². The first-order chi connectivity index (χ1) is 13.5. The Morgan fingerprint density at radius 3 is 2.71 bits per heavy atom. The third-order valence-corrected chi connectivity index (χ3v) is 5.87. The summed E-state index contributed by atoms with van der Waals surface area (Å²) in [5.41, 5.74) is 4.23. The Morgan fingerprint density at radius 1 is 1.18 bits per heavy atom. The van der Waals surface area contributed by atoms with Crippen molar-refractivity contribution in [3.8, 4) is 11.6 Å². The molecule has 142 valence electrons. The minimum absolute atomic E-state index is 0.263. The van der Waals surface area contributed by atoms with Gasteiger partial charge in [0.15, 0.2) is 16.7 Å². The molecule has 28 heavy (non-hydrogen) atoms. The third kappa shape index (κ3) is 3.41. The maximum absolute atomic E-state index is 13.0. The first-order valence-electron chi connectivity index (χ1n) is 8.62. The van der Waals surface area contributed by atoms with Crippen molar-refractivity contribution in [2.45, 2.75) is 25.8 Å². The summed E-state index contributed by atoms with van der Waals surface area (Å²) in [6.45, 7) is 5.88. The minimum atomic E-state index is -0.263. The number of hydrogen-bond acceptors (Lipinski definition) is 7. The molecule has 1 amide bonds. The standard InChI is InChI=1S/C20H18N4O2S2/c1-10-8-11(2)16-14(9-10)28-20(22-16)24-18(25)15-12(3)21-17(23-19(15)27-4)13-6-5-7-26-13/h5-9H,1-4H3,(H,22,24,25). The molecule has 4 rings (SSSR count). The highest BCUT2D eigenvalue weighted by molar-refractivity contribution is 7.98. The lowest BCUT2D eigenvalue weighted by Crippen LogP contribution is -2.16. The fourth-order valence-corrected chi connectivity index (χ4v) is 4.71. The fourth-order valence-electron chi connectivity index (χ4n) is 3.06. The molecular formula is C20H18N4O2S2. The van der Waals surface area contributed by atoms with Crippen molar-refractivity contribution in [3.05, 3.63) is 52.9 Å². The number of carbonyl (C=O) groups excluding carboxylic acids is 1. The smallest absolute Gasteiger partial charge is 0.262 e. The summed E-state index contributed by atoms with van der Waals surface area (Å²) in [7, 11) is 0. The molecule has 0 spiro atoms. The maximum Gasteiger partial charge on any atom is 0.262 e. The number of hydrogen-bond donors (Lipinski definition) is 1. The molecule has 0 atom stereocenters. The zero-order valence-electron chi connectivity index (χ0n) is 15.9. The van der Waals surface area contributed by atoms with Gasteiger partial charge in [-0.15, -0.1) is 11.8 Å². The molecule has 3 aromatic heterocycles. The van der Waals surface area contributed by atoms with Gasteiger partial charge in [-0.25, -0.2) is 15.0 Å². The van der Waals surface area contributed by atoms with Gasteiger partial charge in [-0.1, -0.05) is 17.4 Å². The fraction of sp³-hybridized carbons (Fsp3) is 0.200. The van der Waals surface area contributed by atoms with Gasteiger partial charge in [-0.2, -0.15) is 0 Å². The normalized spacial score (nSPS) is 11.1. The van der Waals surface area contributed by atoms with Crippen LogP contribution in [-0.2, 0) is 0 Å². The van der Waals surface area contributed by atoms with Crippen molar-refractivity contribution in [1.29, 1.82) is 0 Å². The van der Waals surface area contributed by atoms with Crippen LogP contribution in [0.5, 0.6) is 0 Å². The predicted molar refractivity (Wildman–Crippen MR) is 113 cm³/mol. The van der Waals surface area contributed by atoms with Crippen molar-refractivity contribution in [1.82, 2.24) is 15.0 Å². The molecular weight excluding hydrogens is 392 g/mol. The molecule has 6 nitrogen and oxygen atoms in total. The van der Waals surface area contributed by atoms with Gasteiger partial charge in [0, 0.05) is 0 Å². The molecule has 4 aromatic rings. The van der Waals surface area contributed by atoms with Crippen LogP contribution >= 0.6 is 23.1 Å². The molecule has 1 N–H and O–H groups in total. The number of benzene rings is 1. The number of carbonyl (C=O) groups is 1.